The van der Waals surface area contributed by atoms with Gasteiger partial charge in [-0.15, -0.1) is 0 Å². The molecule has 3 heteroatoms. The first-order valence-electron chi connectivity index (χ1n) is 5.81. The van der Waals surface area contributed by atoms with Crippen molar-refractivity contribution in [2.45, 2.75) is 20.4 Å². The second kappa shape index (κ2) is 6.06. The summed E-state index contributed by atoms with van der Waals surface area (Å²) in [6.07, 6.45) is 0. The van der Waals surface area contributed by atoms with Crippen LogP contribution in [-0.4, -0.2) is 0 Å². The van der Waals surface area contributed by atoms with Gasteiger partial charge in [-0.3, -0.25) is 0 Å². The van der Waals surface area contributed by atoms with Gasteiger partial charge in [0, 0.05) is 20.3 Å². The van der Waals surface area contributed by atoms with Gasteiger partial charge in [0.25, 0.3) is 0 Å². The summed E-state index contributed by atoms with van der Waals surface area (Å²) in [5.74, 6) is 0. The van der Waals surface area contributed by atoms with Crippen LogP contribution in [0.25, 0.3) is 0 Å². The SMILES string of the molecule is Cc1ccc(CNc2ccc(I)cc2C)cc1Br. The van der Waals surface area contributed by atoms with Crippen molar-refractivity contribution in [1.82, 2.24) is 0 Å². The zero-order chi connectivity index (χ0) is 13.1. The molecule has 0 radical (unpaired) electrons. The average molecular weight is 416 g/mol. The zero-order valence-electron chi connectivity index (χ0n) is 10.4. The van der Waals surface area contributed by atoms with E-state index < -0.39 is 0 Å². The minimum absolute atomic E-state index is 0.848. The Kier molecular flexibility index (Phi) is 4.67. The average Bonchev–Trinajstić information content (AvgIpc) is 2.32. The third-order valence-corrected chi connectivity index (χ3v) is 4.43. The summed E-state index contributed by atoms with van der Waals surface area (Å²) in [6, 6.07) is 12.9. The van der Waals surface area contributed by atoms with Crippen LogP contribution in [0.4, 0.5) is 5.69 Å². The summed E-state index contributed by atoms with van der Waals surface area (Å²) >= 11 is 5.90. The van der Waals surface area contributed by atoms with Crippen LogP contribution in [-0.2, 0) is 6.54 Å². The molecular formula is C15H15BrIN. The molecular weight excluding hydrogens is 401 g/mol. The Bertz CT molecular complexity index is 566. The molecule has 0 saturated heterocycles. The predicted molar refractivity (Wildman–Crippen MR) is 90.1 cm³/mol. The Balaban J connectivity index is 2.09. The highest BCUT2D eigenvalue weighted by atomic mass is 127. The van der Waals surface area contributed by atoms with Crippen molar-refractivity contribution in [2.24, 2.45) is 0 Å². The van der Waals surface area contributed by atoms with Crippen LogP contribution in [0.5, 0.6) is 0 Å². The summed E-state index contributed by atoms with van der Waals surface area (Å²) < 4.78 is 2.44. The molecule has 0 aliphatic heterocycles. The molecule has 2 aromatic rings. The number of hydrogen-bond acceptors (Lipinski definition) is 1. The van der Waals surface area contributed by atoms with E-state index >= 15 is 0 Å². The number of benzene rings is 2. The molecule has 0 aliphatic rings. The molecule has 2 rings (SSSR count). The molecule has 0 fully saturated rings. The molecule has 0 bridgehead atoms. The largest absolute Gasteiger partial charge is 0.381 e. The first-order valence-corrected chi connectivity index (χ1v) is 7.68. The monoisotopic (exact) mass is 415 g/mol. The summed E-state index contributed by atoms with van der Waals surface area (Å²) in [5.41, 5.74) is 5.04. The molecule has 0 aliphatic carbocycles. The van der Waals surface area contributed by atoms with Gasteiger partial charge in [-0.1, -0.05) is 28.1 Å². The lowest BCUT2D eigenvalue weighted by molar-refractivity contribution is 1.13. The van der Waals surface area contributed by atoms with E-state index in [1.54, 1.807) is 0 Å². The third-order valence-electron chi connectivity index (χ3n) is 2.91. The number of nitrogens with one attached hydrogen (secondary N) is 1. The first-order chi connectivity index (χ1) is 8.56. The fourth-order valence-electron chi connectivity index (χ4n) is 1.77. The standard InChI is InChI=1S/C15H15BrIN/c1-10-3-4-12(8-14(10)16)9-18-15-6-5-13(17)7-11(15)2/h3-8,18H,9H2,1-2H3. The van der Waals surface area contributed by atoms with E-state index in [-0.39, 0.29) is 0 Å². The van der Waals surface area contributed by atoms with E-state index in [1.165, 1.54) is 30.4 Å². The van der Waals surface area contributed by atoms with Crippen LogP contribution in [0.1, 0.15) is 16.7 Å². The molecule has 0 amide bonds. The van der Waals surface area contributed by atoms with Gasteiger partial charge in [-0.05, 0) is 77.4 Å². The third kappa shape index (κ3) is 3.48. The van der Waals surface area contributed by atoms with E-state index in [2.05, 4.69) is 94.1 Å². The van der Waals surface area contributed by atoms with Gasteiger partial charge in [0.1, 0.15) is 0 Å². The second-order valence-corrected chi connectivity index (χ2v) is 6.50. The molecule has 94 valence electrons. The Morgan fingerprint density at radius 1 is 1.06 bits per heavy atom. The topological polar surface area (TPSA) is 12.0 Å². The van der Waals surface area contributed by atoms with E-state index in [4.69, 9.17) is 0 Å². The highest BCUT2D eigenvalue weighted by Crippen LogP contribution is 2.21. The fraction of sp³-hybridized carbons (Fsp3) is 0.200. The van der Waals surface area contributed by atoms with Crippen LogP contribution < -0.4 is 5.32 Å². The molecule has 0 aromatic heterocycles. The quantitative estimate of drug-likeness (QED) is 0.672. The van der Waals surface area contributed by atoms with Gasteiger partial charge in [-0.25, -0.2) is 0 Å². The molecule has 0 heterocycles. The highest BCUT2D eigenvalue weighted by Gasteiger charge is 2.00. The molecule has 0 atom stereocenters. The van der Waals surface area contributed by atoms with Gasteiger partial charge in [0.2, 0.25) is 0 Å². The van der Waals surface area contributed by atoms with Gasteiger partial charge >= 0.3 is 0 Å². The predicted octanol–water partition coefficient (Wildman–Crippen LogP) is 5.28. The molecule has 0 unspecified atom stereocenters. The maximum absolute atomic E-state index is 3.57. The minimum Gasteiger partial charge on any atom is -0.381 e. The van der Waals surface area contributed by atoms with Gasteiger partial charge in [0.15, 0.2) is 0 Å². The normalized spacial score (nSPS) is 10.4. The number of hydrogen-bond donors (Lipinski definition) is 1. The van der Waals surface area contributed by atoms with E-state index in [0.717, 1.165) is 6.54 Å². The van der Waals surface area contributed by atoms with Crippen LogP contribution in [0.15, 0.2) is 40.9 Å². The Morgan fingerprint density at radius 2 is 1.83 bits per heavy atom. The Morgan fingerprint density at radius 3 is 2.50 bits per heavy atom. The smallest absolute Gasteiger partial charge is 0.0401 e. The lowest BCUT2D eigenvalue weighted by Crippen LogP contribution is -2.01. The number of halogens is 2. The second-order valence-electron chi connectivity index (χ2n) is 4.40. The van der Waals surface area contributed by atoms with Crippen molar-refractivity contribution in [3.8, 4) is 0 Å². The molecule has 1 nitrogen and oxygen atoms in total. The number of anilines is 1. The van der Waals surface area contributed by atoms with Crippen molar-refractivity contribution in [2.75, 3.05) is 5.32 Å². The Labute approximate surface area is 130 Å². The van der Waals surface area contributed by atoms with E-state index in [0.29, 0.717) is 0 Å². The molecule has 18 heavy (non-hydrogen) atoms. The molecule has 0 saturated carbocycles. The minimum atomic E-state index is 0.848. The lowest BCUT2D eigenvalue weighted by Gasteiger charge is -2.10. The maximum Gasteiger partial charge on any atom is 0.0401 e. The van der Waals surface area contributed by atoms with Crippen LogP contribution in [0, 0.1) is 17.4 Å². The number of aryl methyl sites for hydroxylation is 2. The van der Waals surface area contributed by atoms with Crippen molar-refractivity contribution >= 4 is 44.2 Å². The molecule has 2 aromatic carbocycles. The summed E-state index contributed by atoms with van der Waals surface area (Å²) in [7, 11) is 0. The first kappa shape index (κ1) is 13.9. The van der Waals surface area contributed by atoms with Gasteiger partial charge in [0.05, 0.1) is 0 Å². The van der Waals surface area contributed by atoms with Gasteiger partial charge in [-0.2, -0.15) is 0 Å². The van der Waals surface area contributed by atoms with Crippen LogP contribution in [0.2, 0.25) is 0 Å². The maximum atomic E-state index is 3.57. The highest BCUT2D eigenvalue weighted by molar-refractivity contribution is 14.1. The van der Waals surface area contributed by atoms with Crippen molar-refractivity contribution in [3.63, 3.8) is 0 Å². The van der Waals surface area contributed by atoms with Gasteiger partial charge < -0.3 is 5.32 Å². The van der Waals surface area contributed by atoms with Crippen molar-refractivity contribution in [1.29, 1.82) is 0 Å². The van der Waals surface area contributed by atoms with E-state index in [1.807, 2.05) is 0 Å². The summed E-state index contributed by atoms with van der Waals surface area (Å²) in [4.78, 5) is 0. The van der Waals surface area contributed by atoms with E-state index in [9.17, 15) is 0 Å². The summed E-state index contributed by atoms with van der Waals surface area (Å²) in [6.45, 7) is 5.08. The molecule has 1 N–H and O–H groups in total. The van der Waals surface area contributed by atoms with Crippen molar-refractivity contribution < 1.29 is 0 Å². The lowest BCUT2D eigenvalue weighted by atomic mass is 10.1. The van der Waals surface area contributed by atoms with Crippen molar-refractivity contribution in [3.05, 3.63) is 61.1 Å². The number of rotatable bonds is 3. The molecule has 0 spiro atoms. The fourth-order valence-corrected chi connectivity index (χ4v) is 2.84. The Hall–Kier alpha value is -0.550. The summed E-state index contributed by atoms with van der Waals surface area (Å²) in [5, 5.41) is 3.48. The van der Waals surface area contributed by atoms with Crippen LogP contribution in [0.3, 0.4) is 0 Å². The van der Waals surface area contributed by atoms with Crippen LogP contribution >= 0.6 is 38.5 Å². The zero-order valence-corrected chi connectivity index (χ0v) is 14.2.